The summed E-state index contributed by atoms with van der Waals surface area (Å²) < 4.78 is 67.2. The average Bonchev–Trinajstić information content (AvgIpc) is 2.86. The predicted molar refractivity (Wildman–Crippen MR) is 57.0 cm³/mol. The second-order valence-corrected chi connectivity index (χ2v) is 4.52. The monoisotopic (exact) mass is 303 g/mol. The minimum absolute atomic E-state index is 0.284. The van der Waals surface area contributed by atoms with Crippen molar-refractivity contribution in [1.29, 1.82) is 0 Å². The van der Waals surface area contributed by atoms with Crippen LogP contribution >= 0.6 is 0 Å². The number of carbonyl (C=O) groups excluding carboxylic acids is 2. The van der Waals surface area contributed by atoms with Crippen LogP contribution in [0.3, 0.4) is 0 Å². The van der Waals surface area contributed by atoms with Gasteiger partial charge in [-0.15, -0.1) is 0 Å². The summed E-state index contributed by atoms with van der Waals surface area (Å²) in [7, 11) is 0.960. The smallest absolute Gasteiger partial charge is 0.463 e. The van der Waals surface area contributed by atoms with E-state index in [0.717, 1.165) is 7.11 Å². The Balaban J connectivity index is 2.97. The van der Waals surface area contributed by atoms with Crippen LogP contribution in [0.15, 0.2) is 0 Å². The third-order valence-corrected chi connectivity index (χ3v) is 3.18. The van der Waals surface area contributed by atoms with Gasteiger partial charge in [0.2, 0.25) is 0 Å². The number of nitrogens with zero attached hydrogens (tertiary/aromatic N) is 1. The summed E-state index contributed by atoms with van der Waals surface area (Å²) in [5.74, 6) is -8.95. The maximum Gasteiger partial charge on any atom is 0.463 e. The van der Waals surface area contributed by atoms with Crippen LogP contribution in [0.1, 0.15) is 25.7 Å². The number of ether oxygens (including phenoxy) is 1. The van der Waals surface area contributed by atoms with E-state index in [2.05, 4.69) is 4.74 Å². The molecule has 20 heavy (non-hydrogen) atoms. The number of carbonyl (C=O) groups is 2. The van der Waals surface area contributed by atoms with Gasteiger partial charge in [-0.3, -0.25) is 9.59 Å². The second-order valence-electron chi connectivity index (χ2n) is 4.52. The van der Waals surface area contributed by atoms with Gasteiger partial charge in [0.25, 0.3) is 0 Å². The van der Waals surface area contributed by atoms with Crippen molar-refractivity contribution in [2.24, 2.45) is 0 Å². The van der Waals surface area contributed by atoms with Gasteiger partial charge in [-0.05, 0) is 12.8 Å². The molecule has 1 rings (SSSR count). The van der Waals surface area contributed by atoms with Crippen LogP contribution in [0, 0.1) is 0 Å². The summed E-state index contributed by atoms with van der Waals surface area (Å²) in [6.45, 7) is -0.911. The number of halogens is 5. The van der Waals surface area contributed by atoms with E-state index in [9.17, 15) is 31.5 Å². The van der Waals surface area contributed by atoms with Crippen LogP contribution in [0.4, 0.5) is 22.0 Å². The summed E-state index contributed by atoms with van der Waals surface area (Å²) in [6.07, 6.45) is -4.20. The molecule has 0 bridgehead atoms. The Morgan fingerprint density at radius 1 is 1.15 bits per heavy atom. The SMILES string of the molecule is COC(=O)CN(C(=O)C(F)(F)C(F)(F)F)C1CCCC1. The summed E-state index contributed by atoms with van der Waals surface area (Å²) in [5.41, 5.74) is 0. The number of hydrogen-bond donors (Lipinski definition) is 0. The van der Waals surface area contributed by atoms with Crippen molar-refractivity contribution in [2.45, 2.75) is 43.8 Å². The Kier molecular flexibility index (Phi) is 4.93. The van der Waals surface area contributed by atoms with Crippen LogP contribution in [0.25, 0.3) is 0 Å². The average molecular weight is 303 g/mol. The normalized spacial score (nSPS) is 17.1. The highest BCUT2D eigenvalue weighted by Crippen LogP contribution is 2.38. The Morgan fingerprint density at radius 3 is 2.05 bits per heavy atom. The first-order valence-electron chi connectivity index (χ1n) is 5.93. The molecule has 9 heteroatoms. The first-order chi connectivity index (χ1) is 9.11. The van der Waals surface area contributed by atoms with Gasteiger partial charge in [-0.2, -0.15) is 22.0 Å². The highest BCUT2D eigenvalue weighted by atomic mass is 19.4. The summed E-state index contributed by atoms with van der Waals surface area (Å²) >= 11 is 0. The first-order valence-corrected chi connectivity index (χ1v) is 5.93. The van der Waals surface area contributed by atoms with E-state index in [1.807, 2.05) is 0 Å². The van der Waals surface area contributed by atoms with Gasteiger partial charge in [0.15, 0.2) is 0 Å². The second kappa shape index (κ2) is 5.92. The van der Waals surface area contributed by atoms with E-state index >= 15 is 0 Å². The Hall–Kier alpha value is -1.41. The topological polar surface area (TPSA) is 46.6 Å². The van der Waals surface area contributed by atoms with Crippen molar-refractivity contribution in [3.63, 3.8) is 0 Å². The van der Waals surface area contributed by atoms with Gasteiger partial charge in [0.05, 0.1) is 7.11 Å². The number of alkyl halides is 5. The van der Waals surface area contributed by atoms with E-state index in [-0.39, 0.29) is 17.7 Å². The van der Waals surface area contributed by atoms with E-state index in [0.29, 0.717) is 12.8 Å². The minimum Gasteiger partial charge on any atom is -0.468 e. The number of esters is 1. The third-order valence-electron chi connectivity index (χ3n) is 3.18. The zero-order valence-corrected chi connectivity index (χ0v) is 10.7. The highest BCUT2D eigenvalue weighted by Gasteiger charge is 2.65. The molecule has 0 spiro atoms. The van der Waals surface area contributed by atoms with Gasteiger partial charge < -0.3 is 9.64 Å². The molecule has 0 aromatic carbocycles. The van der Waals surface area contributed by atoms with E-state index < -0.39 is 36.6 Å². The van der Waals surface area contributed by atoms with Crippen LogP contribution < -0.4 is 0 Å². The highest BCUT2D eigenvalue weighted by molar-refractivity contribution is 5.88. The third kappa shape index (κ3) is 3.37. The summed E-state index contributed by atoms with van der Waals surface area (Å²) in [5, 5.41) is 0. The van der Waals surface area contributed by atoms with Gasteiger partial charge in [0, 0.05) is 6.04 Å². The lowest BCUT2D eigenvalue weighted by molar-refractivity contribution is -0.275. The Bertz CT molecular complexity index is 377. The molecule has 0 radical (unpaired) electrons. The fourth-order valence-electron chi connectivity index (χ4n) is 2.09. The Labute approximate surface area is 111 Å². The molecule has 0 aliphatic heterocycles. The lowest BCUT2D eigenvalue weighted by Crippen LogP contribution is -2.55. The molecule has 0 saturated heterocycles. The molecule has 4 nitrogen and oxygen atoms in total. The lowest BCUT2D eigenvalue weighted by atomic mass is 10.1. The molecule has 1 aliphatic rings. The fraction of sp³-hybridized carbons (Fsp3) is 0.818. The zero-order valence-electron chi connectivity index (χ0n) is 10.7. The molecule has 1 aliphatic carbocycles. The van der Waals surface area contributed by atoms with Gasteiger partial charge in [0.1, 0.15) is 6.54 Å². The number of rotatable bonds is 4. The maximum absolute atomic E-state index is 13.1. The number of amides is 1. The van der Waals surface area contributed by atoms with Crippen LogP contribution in [0.2, 0.25) is 0 Å². The first kappa shape index (κ1) is 16.6. The molecule has 1 amide bonds. The van der Waals surface area contributed by atoms with E-state index in [1.165, 1.54) is 0 Å². The van der Waals surface area contributed by atoms with Gasteiger partial charge in [-0.25, -0.2) is 0 Å². The molecule has 1 fully saturated rings. The molecule has 0 aromatic rings. The van der Waals surface area contributed by atoms with Gasteiger partial charge >= 0.3 is 24.0 Å². The van der Waals surface area contributed by atoms with Crippen molar-refractivity contribution >= 4 is 11.9 Å². The molecule has 0 aromatic heterocycles. The molecule has 116 valence electrons. The largest absolute Gasteiger partial charge is 0.468 e. The van der Waals surface area contributed by atoms with Crippen molar-refractivity contribution in [2.75, 3.05) is 13.7 Å². The van der Waals surface area contributed by atoms with Crippen molar-refractivity contribution < 1.29 is 36.3 Å². The Morgan fingerprint density at radius 2 is 1.65 bits per heavy atom. The number of hydrogen-bond acceptors (Lipinski definition) is 3. The van der Waals surface area contributed by atoms with E-state index in [1.54, 1.807) is 0 Å². The molecular formula is C11H14F5NO3. The molecular weight excluding hydrogens is 289 g/mol. The van der Waals surface area contributed by atoms with Crippen LogP contribution in [-0.4, -0.2) is 48.6 Å². The van der Waals surface area contributed by atoms with Crippen LogP contribution in [0.5, 0.6) is 0 Å². The summed E-state index contributed by atoms with van der Waals surface area (Å²) in [4.78, 5) is 22.9. The predicted octanol–water partition coefficient (Wildman–Crippen LogP) is 2.13. The van der Waals surface area contributed by atoms with Crippen molar-refractivity contribution in [3.8, 4) is 0 Å². The number of methoxy groups -OCH3 is 1. The van der Waals surface area contributed by atoms with Crippen LogP contribution in [-0.2, 0) is 14.3 Å². The minimum atomic E-state index is -5.99. The maximum atomic E-state index is 13.1. The fourth-order valence-corrected chi connectivity index (χ4v) is 2.09. The van der Waals surface area contributed by atoms with Crippen molar-refractivity contribution in [1.82, 2.24) is 4.90 Å². The standard InChI is InChI=1S/C11H14F5NO3/c1-20-8(18)6-17(7-4-2-3-5-7)9(19)10(12,13)11(14,15)16/h7H,2-6H2,1H3. The van der Waals surface area contributed by atoms with Crippen molar-refractivity contribution in [3.05, 3.63) is 0 Å². The molecule has 0 unspecified atom stereocenters. The zero-order chi connectivity index (χ0) is 15.6. The molecule has 0 heterocycles. The lowest BCUT2D eigenvalue weighted by Gasteiger charge is -2.31. The van der Waals surface area contributed by atoms with Gasteiger partial charge in [-0.1, -0.05) is 12.8 Å². The molecule has 0 N–H and O–H groups in total. The van der Waals surface area contributed by atoms with E-state index in [4.69, 9.17) is 0 Å². The molecule has 0 atom stereocenters. The quantitative estimate of drug-likeness (QED) is 0.590. The summed E-state index contributed by atoms with van der Waals surface area (Å²) in [6, 6.07) is -0.796. The molecule has 1 saturated carbocycles.